The zero-order valence-corrected chi connectivity index (χ0v) is 22.2. The molecule has 1 aliphatic rings. The standard InChI is InChI=1S/C28H20Cl2FNO5S/c1-2-36-28(35)24-25(33)23(38-27(24)32-26(34)19-8-3-4-9-20(19)29)14-16-10-11-22(21(30)13-16)37-15-17-6-5-7-18(31)12-17/h3-14,33H,2,15H2,1H3/b23-14-,32-27?. The average molecular weight is 572 g/mol. The van der Waals surface area contributed by atoms with Crippen molar-refractivity contribution in [1.29, 1.82) is 0 Å². The maximum atomic E-state index is 13.4. The number of aliphatic hydroxyl groups is 1. The van der Waals surface area contributed by atoms with Gasteiger partial charge in [0, 0.05) is 0 Å². The van der Waals surface area contributed by atoms with Gasteiger partial charge in [0.15, 0.2) is 0 Å². The Labute approximate surface area is 232 Å². The zero-order chi connectivity index (χ0) is 27.2. The van der Waals surface area contributed by atoms with Crippen LogP contribution in [0.1, 0.15) is 28.4 Å². The van der Waals surface area contributed by atoms with E-state index in [2.05, 4.69) is 4.99 Å². The molecular weight excluding hydrogens is 552 g/mol. The third-order valence-corrected chi connectivity index (χ3v) is 6.86. The predicted molar refractivity (Wildman–Crippen MR) is 147 cm³/mol. The van der Waals surface area contributed by atoms with E-state index in [-0.39, 0.29) is 55.9 Å². The normalized spacial score (nSPS) is 15.3. The van der Waals surface area contributed by atoms with E-state index < -0.39 is 11.9 Å². The van der Waals surface area contributed by atoms with Crippen molar-refractivity contribution in [3.8, 4) is 5.75 Å². The minimum absolute atomic E-state index is 0.0155. The molecule has 194 valence electrons. The third kappa shape index (κ3) is 6.45. The van der Waals surface area contributed by atoms with Gasteiger partial charge in [-0.15, -0.1) is 0 Å². The predicted octanol–water partition coefficient (Wildman–Crippen LogP) is 7.41. The SMILES string of the molecule is CCOC(=O)C1=C(O)/C(=C/c2ccc(OCc3cccc(F)c3)c(Cl)c2)SC1=NC(=O)c1ccccc1Cl. The van der Waals surface area contributed by atoms with Gasteiger partial charge in [-0.05, 0) is 60.5 Å². The number of thioether (sulfide) groups is 1. The summed E-state index contributed by atoms with van der Waals surface area (Å²) in [5.74, 6) is -1.83. The summed E-state index contributed by atoms with van der Waals surface area (Å²) in [6.07, 6.45) is 1.59. The summed E-state index contributed by atoms with van der Waals surface area (Å²) in [4.78, 5) is 29.7. The average Bonchev–Trinajstić information content (AvgIpc) is 3.18. The molecule has 4 rings (SSSR count). The first-order valence-electron chi connectivity index (χ1n) is 11.3. The minimum atomic E-state index is -0.814. The number of rotatable bonds is 7. The van der Waals surface area contributed by atoms with Crippen molar-refractivity contribution in [2.75, 3.05) is 6.61 Å². The van der Waals surface area contributed by atoms with E-state index in [1.165, 1.54) is 18.2 Å². The molecule has 0 saturated carbocycles. The van der Waals surface area contributed by atoms with Crippen LogP contribution in [0.4, 0.5) is 4.39 Å². The number of aliphatic hydroxyl groups excluding tert-OH is 1. The topological polar surface area (TPSA) is 85.2 Å². The van der Waals surface area contributed by atoms with Crippen LogP contribution in [-0.2, 0) is 16.1 Å². The largest absolute Gasteiger partial charge is 0.506 e. The van der Waals surface area contributed by atoms with Gasteiger partial charge in [0.1, 0.15) is 34.5 Å². The van der Waals surface area contributed by atoms with Crippen molar-refractivity contribution in [3.05, 3.63) is 116 Å². The van der Waals surface area contributed by atoms with Crippen molar-refractivity contribution < 1.29 is 28.6 Å². The van der Waals surface area contributed by atoms with Crippen LogP contribution >= 0.6 is 35.0 Å². The van der Waals surface area contributed by atoms with Crippen LogP contribution in [0.5, 0.6) is 5.75 Å². The molecular formula is C28H20Cl2FNO5S. The van der Waals surface area contributed by atoms with E-state index in [0.29, 0.717) is 16.9 Å². The smallest absolute Gasteiger partial charge is 0.344 e. The second-order valence-electron chi connectivity index (χ2n) is 7.87. The zero-order valence-electron chi connectivity index (χ0n) is 19.9. The summed E-state index contributed by atoms with van der Waals surface area (Å²) in [5.41, 5.74) is 1.17. The molecule has 3 aromatic rings. The Balaban J connectivity index is 1.60. The molecule has 0 unspecified atom stereocenters. The van der Waals surface area contributed by atoms with E-state index in [1.54, 1.807) is 61.5 Å². The summed E-state index contributed by atoms with van der Waals surface area (Å²) in [5, 5.41) is 11.3. The highest BCUT2D eigenvalue weighted by Crippen LogP contribution is 2.40. The van der Waals surface area contributed by atoms with Crippen molar-refractivity contribution in [2.24, 2.45) is 4.99 Å². The molecule has 6 nitrogen and oxygen atoms in total. The Bertz CT molecular complexity index is 1500. The van der Waals surface area contributed by atoms with Gasteiger partial charge >= 0.3 is 5.97 Å². The Morgan fingerprint density at radius 1 is 1.05 bits per heavy atom. The highest BCUT2D eigenvalue weighted by molar-refractivity contribution is 8.18. The van der Waals surface area contributed by atoms with Crippen molar-refractivity contribution >= 4 is 58.0 Å². The number of hydrogen-bond acceptors (Lipinski definition) is 6. The van der Waals surface area contributed by atoms with Crippen LogP contribution in [0.3, 0.4) is 0 Å². The van der Waals surface area contributed by atoms with E-state index in [1.807, 2.05) is 0 Å². The maximum Gasteiger partial charge on any atom is 0.344 e. The van der Waals surface area contributed by atoms with Crippen LogP contribution in [0, 0.1) is 5.82 Å². The fourth-order valence-corrected chi connectivity index (χ4v) is 4.91. The molecule has 0 saturated heterocycles. The number of aliphatic imine (C=N–C) groups is 1. The van der Waals surface area contributed by atoms with E-state index in [0.717, 1.165) is 11.8 Å². The number of benzene rings is 3. The number of amides is 1. The number of nitrogens with zero attached hydrogens (tertiary/aromatic N) is 1. The number of carbonyl (C=O) groups is 2. The van der Waals surface area contributed by atoms with Crippen molar-refractivity contribution in [2.45, 2.75) is 13.5 Å². The van der Waals surface area contributed by atoms with Gasteiger partial charge in [-0.1, -0.05) is 65.3 Å². The lowest BCUT2D eigenvalue weighted by molar-refractivity contribution is -0.138. The number of hydrogen-bond donors (Lipinski definition) is 1. The molecule has 1 N–H and O–H groups in total. The first-order valence-corrected chi connectivity index (χ1v) is 12.9. The molecule has 1 heterocycles. The van der Waals surface area contributed by atoms with E-state index in [9.17, 15) is 19.1 Å². The number of halogens is 3. The maximum absolute atomic E-state index is 13.4. The number of carbonyl (C=O) groups excluding carboxylic acids is 2. The lowest BCUT2D eigenvalue weighted by atomic mass is 10.1. The van der Waals surface area contributed by atoms with E-state index in [4.69, 9.17) is 32.7 Å². The molecule has 1 aliphatic heterocycles. The molecule has 3 aromatic carbocycles. The van der Waals surface area contributed by atoms with Gasteiger partial charge in [-0.25, -0.2) is 14.2 Å². The first-order chi connectivity index (χ1) is 18.3. The van der Waals surface area contributed by atoms with E-state index >= 15 is 0 Å². The Morgan fingerprint density at radius 2 is 1.84 bits per heavy atom. The quantitative estimate of drug-likeness (QED) is 0.297. The summed E-state index contributed by atoms with van der Waals surface area (Å²) in [6, 6.07) is 17.4. The number of esters is 1. The second kappa shape index (κ2) is 12.3. The van der Waals surface area contributed by atoms with Crippen LogP contribution in [0.25, 0.3) is 6.08 Å². The molecule has 10 heteroatoms. The van der Waals surface area contributed by atoms with Gasteiger partial charge < -0.3 is 14.6 Å². The highest BCUT2D eigenvalue weighted by Gasteiger charge is 2.34. The summed E-state index contributed by atoms with van der Waals surface area (Å²) >= 11 is 13.4. The Morgan fingerprint density at radius 3 is 2.55 bits per heavy atom. The van der Waals surface area contributed by atoms with Gasteiger partial charge in [0.25, 0.3) is 5.91 Å². The second-order valence-corrected chi connectivity index (χ2v) is 9.71. The molecule has 0 fully saturated rings. The van der Waals surface area contributed by atoms with Gasteiger partial charge in [0.05, 0.1) is 27.1 Å². The van der Waals surface area contributed by atoms with Crippen LogP contribution < -0.4 is 4.74 Å². The van der Waals surface area contributed by atoms with Crippen molar-refractivity contribution in [3.63, 3.8) is 0 Å². The van der Waals surface area contributed by atoms with Crippen LogP contribution in [0.2, 0.25) is 10.0 Å². The Hall–Kier alpha value is -3.59. The molecule has 0 aromatic heterocycles. The van der Waals surface area contributed by atoms with Crippen LogP contribution in [0.15, 0.2) is 88.0 Å². The summed E-state index contributed by atoms with van der Waals surface area (Å²) in [6.45, 7) is 1.82. The molecule has 0 aliphatic carbocycles. The molecule has 1 amide bonds. The fraction of sp³-hybridized carbons (Fsp3) is 0.107. The van der Waals surface area contributed by atoms with Gasteiger partial charge in [0.2, 0.25) is 0 Å². The van der Waals surface area contributed by atoms with Gasteiger partial charge in [-0.3, -0.25) is 4.79 Å². The van der Waals surface area contributed by atoms with Crippen LogP contribution in [-0.4, -0.2) is 28.6 Å². The summed E-state index contributed by atoms with van der Waals surface area (Å²) in [7, 11) is 0. The molecule has 0 atom stereocenters. The monoisotopic (exact) mass is 571 g/mol. The minimum Gasteiger partial charge on any atom is -0.506 e. The van der Waals surface area contributed by atoms with Gasteiger partial charge in [-0.2, -0.15) is 0 Å². The molecule has 0 bridgehead atoms. The van der Waals surface area contributed by atoms with Crippen molar-refractivity contribution in [1.82, 2.24) is 0 Å². The fourth-order valence-electron chi connectivity index (χ4n) is 3.44. The molecule has 38 heavy (non-hydrogen) atoms. The number of ether oxygens (including phenoxy) is 2. The summed E-state index contributed by atoms with van der Waals surface area (Å²) < 4.78 is 24.2. The lowest BCUT2D eigenvalue weighted by Gasteiger charge is -2.09. The molecule has 0 spiro atoms. The highest BCUT2D eigenvalue weighted by atomic mass is 35.5. The first kappa shape index (κ1) is 27.4. The third-order valence-electron chi connectivity index (χ3n) is 5.21. The lowest BCUT2D eigenvalue weighted by Crippen LogP contribution is -2.14. The Kier molecular flexibility index (Phi) is 8.89. The molecule has 0 radical (unpaired) electrons.